The van der Waals surface area contributed by atoms with Crippen LogP contribution in [0, 0.1) is 6.92 Å². The molecule has 0 aliphatic rings. The first-order valence-electron chi connectivity index (χ1n) is 3.98. The molecule has 0 fully saturated rings. The van der Waals surface area contributed by atoms with E-state index in [1.54, 1.807) is 6.92 Å². The Balaban J connectivity index is 3.13. The molecule has 0 saturated carbocycles. The van der Waals surface area contributed by atoms with Gasteiger partial charge >= 0.3 is 0 Å². The van der Waals surface area contributed by atoms with Gasteiger partial charge in [-0.2, -0.15) is 0 Å². The van der Waals surface area contributed by atoms with E-state index in [4.69, 9.17) is 4.42 Å². The fraction of sp³-hybridized carbons (Fsp3) is 0.444. The normalized spacial score (nSPS) is 10.8. The maximum absolute atomic E-state index is 11.1. The standard InChI is InChI=1S/C9H13NO3/c1-6-4-7(11)9(12)8(13-6)5-10(2)3/h4,12H,5H2,1-3H3. The third-order valence-electron chi connectivity index (χ3n) is 1.58. The van der Waals surface area contributed by atoms with Crippen LogP contribution in [0.1, 0.15) is 11.5 Å². The van der Waals surface area contributed by atoms with Gasteiger partial charge in [-0.25, -0.2) is 0 Å². The van der Waals surface area contributed by atoms with E-state index in [0.29, 0.717) is 18.1 Å². The average Bonchev–Trinajstić information content (AvgIpc) is 1.98. The van der Waals surface area contributed by atoms with E-state index in [2.05, 4.69) is 0 Å². The molecule has 0 bridgehead atoms. The van der Waals surface area contributed by atoms with E-state index in [9.17, 15) is 9.90 Å². The molecule has 0 aromatic carbocycles. The Labute approximate surface area is 76.4 Å². The van der Waals surface area contributed by atoms with Gasteiger partial charge in [0.1, 0.15) is 5.76 Å². The minimum atomic E-state index is -0.388. The molecular weight excluding hydrogens is 170 g/mol. The molecule has 1 heterocycles. The molecule has 1 N–H and O–H groups in total. The first-order chi connectivity index (χ1) is 6.00. The zero-order valence-electron chi connectivity index (χ0n) is 8.00. The fourth-order valence-corrected chi connectivity index (χ4v) is 1.06. The maximum Gasteiger partial charge on any atom is 0.227 e. The minimum absolute atomic E-state index is 0.292. The number of nitrogens with zero attached hydrogens (tertiary/aromatic N) is 1. The Morgan fingerprint density at radius 2 is 2.15 bits per heavy atom. The largest absolute Gasteiger partial charge is 0.502 e. The van der Waals surface area contributed by atoms with Gasteiger partial charge in [0, 0.05) is 6.07 Å². The summed E-state index contributed by atoms with van der Waals surface area (Å²) in [7, 11) is 3.67. The van der Waals surface area contributed by atoms with Gasteiger partial charge in [0.25, 0.3) is 0 Å². The van der Waals surface area contributed by atoms with Crippen LogP contribution in [0.3, 0.4) is 0 Å². The van der Waals surface area contributed by atoms with E-state index < -0.39 is 0 Å². The lowest BCUT2D eigenvalue weighted by molar-refractivity contribution is 0.312. The molecule has 0 radical (unpaired) electrons. The van der Waals surface area contributed by atoms with Crippen LogP contribution in [0.2, 0.25) is 0 Å². The minimum Gasteiger partial charge on any atom is -0.502 e. The summed E-state index contributed by atoms with van der Waals surface area (Å²) < 4.78 is 5.21. The predicted molar refractivity (Wildman–Crippen MR) is 48.8 cm³/mol. The maximum atomic E-state index is 11.1. The second-order valence-corrected chi connectivity index (χ2v) is 3.23. The molecule has 0 spiro atoms. The van der Waals surface area contributed by atoms with Crippen molar-refractivity contribution in [2.24, 2.45) is 0 Å². The van der Waals surface area contributed by atoms with Crippen LogP contribution in [0.4, 0.5) is 0 Å². The van der Waals surface area contributed by atoms with Crippen LogP contribution in [0.25, 0.3) is 0 Å². The van der Waals surface area contributed by atoms with Gasteiger partial charge in [-0.3, -0.25) is 4.79 Å². The molecule has 72 valence electrons. The number of aromatic hydroxyl groups is 1. The van der Waals surface area contributed by atoms with Crippen molar-refractivity contribution in [3.05, 3.63) is 27.8 Å². The topological polar surface area (TPSA) is 53.7 Å². The van der Waals surface area contributed by atoms with Crippen molar-refractivity contribution in [3.63, 3.8) is 0 Å². The predicted octanol–water partition coefficient (Wildman–Crippen LogP) is 0.715. The zero-order valence-corrected chi connectivity index (χ0v) is 8.00. The summed E-state index contributed by atoms with van der Waals surface area (Å²) in [6, 6.07) is 1.27. The summed E-state index contributed by atoms with van der Waals surface area (Å²) >= 11 is 0. The summed E-state index contributed by atoms with van der Waals surface area (Å²) in [6.45, 7) is 2.10. The van der Waals surface area contributed by atoms with Crippen molar-refractivity contribution < 1.29 is 9.52 Å². The highest BCUT2D eigenvalue weighted by Gasteiger charge is 2.09. The van der Waals surface area contributed by atoms with Gasteiger partial charge in [-0.15, -0.1) is 0 Å². The van der Waals surface area contributed by atoms with Crippen molar-refractivity contribution in [1.29, 1.82) is 0 Å². The molecule has 0 unspecified atom stereocenters. The molecule has 0 aliphatic carbocycles. The van der Waals surface area contributed by atoms with Gasteiger partial charge < -0.3 is 14.4 Å². The lowest BCUT2D eigenvalue weighted by Gasteiger charge is -2.09. The smallest absolute Gasteiger partial charge is 0.227 e. The quantitative estimate of drug-likeness (QED) is 0.733. The van der Waals surface area contributed by atoms with Crippen LogP contribution in [-0.2, 0) is 6.54 Å². The fourth-order valence-electron chi connectivity index (χ4n) is 1.06. The van der Waals surface area contributed by atoms with Gasteiger partial charge in [0.05, 0.1) is 6.54 Å². The number of hydrogen-bond donors (Lipinski definition) is 1. The third kappa shape index (κ3) is 2.32. The van der Waals surface area contributed by atoms with E-state index >= 15 is 0 Å². The van der Waals surface area contributed by atoms with Crippen molar-refractivity contribution >= 4 is 0 Å². The average molecular weight is 183 g/mol. The van der Waals surface area contributed by atoms with E-state index in [1.165, 1.54) is 6.07 Å². The number of hydrogen-bond acceptors (Lipinski definition) is 4. The summed E-state index contributed by atoms with van der Waals surface area (Å²) in [5.74, 6) is 0.536. The second kappa shape index (κ2) is 3.62. The first kappa shape index (κ1) is 9.80. The Kier molecular flexibility index (Phi) is 2.72. The van der Waals surface area contributed by atoms with Crippen LogP contribution < -0.4 is 5.43 Å². The second-order valence-electron chi connectivity index (χ2n) is 3.23. The highest BCUT2D eigenvalue weighted by atomic mass is 16.4. The van der Waals surface area contributed by atoms with E-state index in [1.807, 2.05) is 19.0 Å². The Morgan fingerprint density at radius 1 is 1.54 bits per heavy atom. The first-order valence-corrected chi connectivity index (χ1v) is 3.98. The monoisotopic (exact) mass is 183 g/mol. The number of aryl methyl sites for hydroxylation is 1. The molecule has 13 heavy (non-hydrogen) atoms. The van der Waals surface area contributed by atoms with Crippen LogP contribution >= 0.6 is 0 Å². The lowest BCUT2D eigenvalue weighted by atomic mass is 10.3. The molecule has 1 aromatic heterocycles. The van der Waals surface area contributed by atoms with Gasteiger partial charge in [-0.1, -0.05) is 0 Å². The van der Waals surface area contributed by atoms with Crippen LogP contribution in [0.5, 0.6) is 5.75 Å². The van der Waals surface area contributed by atoms with Crippen molar-refractivity contribution in [2.75, 3.05) is 14.1 Å². The summed E-state index contributed by atoms with van der Waals surface area (Å²) in [5.41, 5.74) is -0.388. The van der Waals surface area contributed by atoms with Crippen LogP contribution in [-0.4, -0.2) is 24.1 Å². The molecule has 1 rings (SSSR count). The Morgan fingerprint density at radius 3 is 2.69 bits per heavy atom. The molecule has 0 aliphatic heterocycles. The van der Waals surface area contributed by atoms with E-state index in [-0.39, 0.29) is 11.2 Å². The molecule has 1 aromatic rings. The zero-order chi connectivity index (χ0) is 10.0. The Bertz CT molecular complexity index is 354. The highest BCUT2D eigenvalue weighted by molar-refractivity contribution is 5.24. The SMILES string of the molecule is Cc1cc(=O)c(O)c(CN(C)C)o1. The van der Waals surface area contributed by atoms with Crippen molar-refractivity contribution in [3.8, 4) is 5.75 Å². The lowest BCUT2D eigenvalue weighted by Crippen LogP contribution is -2.13. The molecule has 4 nitrogen and oxygen atoms in total. The molecule has 4 heteroatoms. The summed E-state index contributed by atoms with van der Waals surface area (Å²) in [6.07, 6.45) is 0. The Hall–Kier alpha value is -1.29. The third-order valence-corrected chi connectivity index (χ3v) is 1.58. The summed E-state index contributed by atoms with van der Waals surface area (Å²) in [5, 5.41) is 9.34. The molecule has 0 amide bonds. The molecule has 0 saturated heterocycles. The molecular formula is C9H13NO3. The molecule has 0 atom stereocenters. The highest BCUT2D eigenvalue weighted by Crippen LogP contribution is 2.14. The van der Waals surface area contributed by atoms with Crippen molar-refractivity contribution in [2.45, 2.75) is 13.5 Å². The van der Waals surface area contributed by atoms with Gasteiger partial charge in [0.2, 0.25) is 11.2 Å². The van der Waals surface area contributed by atoms with E-state index in [0.717, 1.165) is 0 Å². The summed E-state index contributed by atoms with van der Waals surface area (Å²) in [4.78, 5) is 12.9. The van der Waals surface area contributed by atoms with Gasteiger partial charge in [0.15, 0.2) is 5.76 Å². The van der Waals surface area contributed by atoms with Gasteiger partial charge in [-0.05, 0) is 21.0 Å². The van der Waals surface area contributed by atoms with Crippen LogP contribution in [0.15, 0.2) is 15.3 Å². The number of rotatable bonds is 2. The van der Waals surface area contributed by atoms with Crippen molar-refractivity contribution in [1.82, 2.24) is 4.90 Å².